The van der Waals surface area contributed by atoms with Gasteiger partial charge in [0.2, 0.25) is 0 Å². The molecule has 0 aromatic heterocycles. The Hall–Kier alpha value is -0.670. The number of rotatable bonds is 2. The van der Waals surface area contributed by atoms with E-state index in [1.807, 2.05) is 11.9 Å². The summed E-state index contributed by atoms with van der Waals surface area (Å²) in [7, 11) is 1.85. The zero-order chi connectivity index (χ0) is 9.14. The van der Waals surface area contributed by atoms with Gasteiger partial charge in [0.05, 0.1) is 5.92 Å². The lowest BCUT2D eigenvalue weighted by atomic mass is 10.0. The van der Waals surface area contributed by atoms with Crippen LogP contribution in [-0.2, 0) is 9.59 Å². The van der Waals surface area contributed by atoms with Crippen molar-refractivity contribution in [2.24, 2.45) is 5.92 Å². The summed E-state index contributed by atoms with van der Waals surface area (Å²) in [4.78, 5) is 22.9. The molecule has 0 radical (unpaired) electrons. The molecule has 1 heterocycles. The second-order valence-corrected chi connectivity index (χ2v) is 3.34. The highest BCUT2D eigenvalue weighted by molar-refractivity contribution is 6.32. The number of nitrogens with zero attached hydrogens (tertiary/aromatic N) is 1. The van der Waals surface area contributed by atoms with Gasteiger partial charge in [-0.15, -0.1) is 0 Å². The van der Waals surface area contributed by atoms with Gasteiger partial charge in [0.15, 0.2) is 0 Å². The third-order valence-corrected chi connectivity index (χ3v) is 2.41. The first-order valence-corrected chi connectivity index (χ1v) is 4.04. The summed E-state index contributed by atoms with van der Waals surface area (Å²) in [6, 6.07) is 0. The Labute approximate surface area is 76.0 Å². The maximum absolute atomic E-state index is 10.5. The van der Waals surface area contributed by atoms with Crippen LogP contribution in [0.2, 0.25) is 0 Å². The number of hydrogen-bond donors (Lipinski definition) is 0. The van der Waals surface area contributed by atoms with Crippen molar-refractivity contribution in [3.05, 3.63) is 10.6 Å². The number of carbonyl (C=O) groups is 2. The Kier molecular flexibility index (Phi) is 3.00. The van der Waals surface area contributed by atoms with Gasteiger partial charge in [-0.05, 0) is 7.05 Å². The highest BCUT2D eigenvalue weighted by Crippen LogP contribution is 2.23. The molecule has 1 atom stereocenters. The van der Waals surface area contributed by atoms with Crippen molar-refractivity contribution < 1.29 is 9.59 Å². The SMILES string of the molecule is CN1CC(C=O)=C(Cl)C(C=O)C1. The van der Waals surface area contributed by atoms with Crippen LogP contribution in [0.4, 0.5) is 0 Å². The van der Waals surface area contributed by atoms with Crippen molar-refractivity contribution in [1.29, 1.82) is 0 Å². The average Bonchev–Trinajstić information content (AvgIpc) is 2.08. The molecule has 66 valence electrons. The van der Waals surface area contributed by atoms with Crippen molar-refractivity contribution in [2.75, 3.05) is 20.1 Å². The molecule has 12 heavy (non-hydrogen) atoms. The van der Waals surface area contributed by atoms with Crippen molar-refractivity contribution in [2.45, 2.75) is 0 Å². The minimum Gasteiger partial charge on any atom is -0.303 e. The van der Waals surface area contributed by atoms with E-state index in [0.717, 1.165) is 6.29 Å². The summed E-state index contributed by atoms with van der Waals surface area (Å²) in [5, 5.41) is 0.401. The third-order valence-electron chi connectivity index (χ3n) is 1.89. The van der Waals surface area contributed by atoms with Crippen LogP contribution in [-0.4, -0.2) is 37.6 Å². The summed E-state index contributed by atoms with van der Waals surface area (Å²) in [5.74, 6) is -0.328. The van der Waals surface area contributed by atoms with Crippen molar-refractivity contribution >= 4 is 24.2 Å². The third kappa shape index (κ3) is 1.73. The van der Waals surface area contributed by atoms with Gasteiger partial charge in [-0.2, -0.15) is 0 Å². The maximum Gasteiger partial charge on any atom is 0.148 e. The summed E-state index contributed by atoms with van der Waals surface area (Å²) < 4.78 is 0. The van der Waals surface area contributed by atoms with Crippen LogP contribution in [0.25, 0.3) is 0 Å². The highest BCUT2D eigenvalue weighted by atomic mass is 35.5. The molecule has 0 amide bonds. The molecular formula is C8H10ClNO2. The van der Waals surface area contributed by atoms with Gasteiger partial charge in [0, 0.05) is 23.7 Å². The summed E-state index contributed by atoms with van der Waals surface area (Å²) in [6.07, 6.45) is 1.50. The van der Waals surface area contributed by atoms with Gasteiger partial charge in [0.25, 0.3) is 0 Å². The van der Waals surface area contributed by atoms with Crippen LogP contribution in [0.5, 0.6) is 0 Å². The van der Waals surface area contributed by atoms with E-state index in [1.165, 1.54) is 0 Å². The van der Waals surface area contributed by atoms with Crippen molar-refractivity contribution in [3.8, 4) is 0 Å². The molecule has 0 bridgehead atoms. The van der Waals surface area contributed by atoms with Crippen LogP contribution < -0.4 is 0 Å². The molecule has 0 spiro atoms. The van der Waals surface area contributed by atoms with E-state index in [9.17, 15) is 9.59 Å². The molecule has 4 heteroatoms. The molecular weight excluding hydrogens is 178 g/mol. The number of aldehydes is 2. The molecule has 1 rings (SSSR count). The monoisotopic (exact) mass is 187 g/mol. The van der Waals surface area contributed by atoms with Crippen LogP contribution in [0.3, 0.4) is 0 Å². The smallest absolute Gasteiger partial charge is 0.148 e. The number of likely N-dealkylation sites (N-methyl/N-ethyl adjacent to an activating group) is 1. The second kappa shape index (κ2) is 3.83. The lowest BCUT2D eigenvalue weighted by Gasteiger charge is -2.26. The van der Waals surface area contributed by atoms with Crippen LogP contribution in [0, 0.1) is 5.92 Å². The topological polar surface area (TPSA) is 37.4 Å². The normalized spacial score (nSPS) is 25.7. The van der Waals surface area contributed by atoms with E-state index < -0.39 is 0 Å². The first kappa shape index (κ1) is 9.42. The molecule has 0 aliphatic carbocycles. The average molecular weight is 188 g/mol. The van der Waals surface area contributed by atoms with Crippen molar-refractivity contribution in [1.82, 2.24) is 4.90 Å². The van der Waals surface area contributed by atoms with E-state index in [-0.39, 0.29) is 5.92 Å². The quantitative estimate of drug-likeness (QED) is 0.589. The second-order valence-electron chi connectivity index (χ2n) is 2.93. The summed E-state index contributed by atoms with van der Waals surface area (Å²) in [5.41, 5.74) is 0.516. The Morgan fingerprint density at radius 3 is 2.75 bits per heavy atom. The summed E-state index contributed by atoms with van der Waals surface area (Å²) in [6.45, 7) is 1.13. The lowest BCUT2D eigenvalue weighted by molar-refractivity contribution is -0.110. The van der Waals surface area contributed by atoms with E-state index >= 15 is 0 Å². The van der Waals surface area contributed by atoms with Crippen LogP contribution in [0.15, 0.2) is 10.6 Å². The molecule has 3 nitrogen and oxygen atoms in total. The van der Waals surface area contributed by atoms with Gasteiger partial charge in [-0.1, -0.05) is 11.6 Å². The maximum atomic E-state index is 10.5. The predicted octanol–water partition coefficient (Wildman–Crippen LogP) is 0.439. The fraction of sp³-hybridized carbons (Fsp3) is 0.500. The molecule has 0 aromatic carbocycles. The van der Waals surface area contributed by atoms with Gasteiger partial charge >= 0.3 is 0 Å². The molecule has 0 saturated carbocycles. The first-order chi connectivity index (χ1) is 5.69. The summed E-state index contributed by atoms with van der Waals surface area (Å²) >= 11 is 5.80. The van der Waals surface area contributed by atoms with Gasteiger partial charge < -0.3 is 9.69 Å². The van der Waals surface area contributed by atoms with Gasteiger partial charge in [-0.25, -0.2) is 0 Å². The lowest BCUT2D eigenvalue weighted by Crippen LogP contribution is -2.34. The van der Waals surface area contributed by atoms with Crippen LogP contribution in [0.1, 0.15) is 0 Å². The van der Waals surface area contributed by atoms with E-state index in [0.29, 0.717) is 30.0 Å². The predicted molar refractivity (Wildman–Crippen MR) is 46.0 cm³/mol. The zero-order valence-electron chi connectivity index (χ0n) is 6.79. The van der Waals surface area contributed by atoms with E-state index in [4.69, 9.17) is 11.6 Å². The largest absolute Gasteiger partial charge is 0.303 e. The molecule has 1 unspecified atom stereocenters. The minimum absolute atomic E-state index is 0.328. The number of carbonyl (C=O) groups excluding carboxylic acids is 2. The highest BCUT2D eigenvalue weighted by Gasteiger charge is 2.23. The fourth-order valence-corrected chi connectivity index (χ4v) is 1.51. The number of hydrogen-bond acceptors (Lipinski definition) is 3. The first-order valence-electron chi connectivity index (χ1n) is 3.66. The molecule has 0 saturated heterocycles. The Morgan fingerprint density at radius 2 is 2.25 bits per heavy atom. The fourth-order valence-electron chi connectivity index (χ4n) is 1.28. The molecule has 0 aromatic rings. The van der Waals surface area contributed by atoms with Crippen LogP contribution >= 0.6 is 11.6 Å². The van der Waals surface area contributed by atoms with E-state index in [1.54, 1.807) is 0 Å². The number of halogens is 1. The minimum atomic E-state index is -0.328. The molecule has 1 aliphatic heterocycles. The standard InChI is InChI=1S/C8H10ClNO2/c1-10-2-6(4-11)8(9)7(3-10)5-12/h4-6H,2-3H2,1H3. The molecule has 0 fully saturated rings. The molecule has 0 N–H and O–H groups in total. The van der Waals surface area contributed by atoms with Gasteiger partial charge in [0.1, 0.15) is 12.6 Å². The Morgan fingerprint density at radius 1 is 1.58 bits per heavy atom. The van der Waals surface area contributed by atoms with Crippen molar-refractivity contribution in [3.63, 3.8) is 0 Å². The molecule has 1 aliphatic rings. The van der Waals surface area contributed by atoms with E-state index in [2.05, 4.69) is 0 Å². The Bertz CT molecular complexity index is 237. The van der Waals surface area contributed by atoms with Gasteiger partial charge in [-0.3, -0.25) is 4.79 Å². The Balaban J connectivity index is 2.92. The zero-order valence-corrected chi connectivity index (χ0v) is 7.54.